The van der Waals surface area contributed by atoms with Gasteiger partial charge in [-0.3, -0.25) is 14.4 Å². The number of amides is 2. The SMILES string of the molecule is COc1ccc(C(C(=O)NC2CCCCC2)N(CC(C)C)C(=O)/C=C/C(=O)c2ccc(C)cc2)cc1. The molecule has 1 aliphatic rings. The average Bonchev–Trinajstić information content (AvgIpc) is 2.88. The van der Waals surface area contributed by atoms with Gasteiger partial charge in [-0.05, 0) is 49.5 Å². The monoisotopic (exact) mass is 490 g/mol. The minimum Gasteiger partial charge on any atom is -0.497 e. The molecule has 6 nitrogen and oxygen atoms in total. The van der Waals surface area contributed by atoms with Crippen LogP contribution in [0.3, 0.4) is 0 Å². The molecule has 36 heavy (non-hydrogen) atoms. The Balaban J connectivity index is 1.90. The van der Waals surface area contributed by atoms with Crippen molar-refractivity contribution in [2.75, 3.05) is 13.7 Å². The molecule has 192 valence electrons. The Labute approximate surface area is 214 Å². The first-order chi connectivity index (χ1) is 17.3. The summed E-state index contributed by atoms with van der Waals surface area (Å²) in [5, 5.41) is 3.20. The molecule has 3 rings (SSSR count). The van der Waals surface area contributed by atoms with Crippen molar-refractivity contribution < 1.29 is 19.1 Å². The van der Waals surface area contributed by atoms with Gasteiger partial charge in [0.15, 0.2) is 5.78 Å². The zero-order chi connectivity index (χ0) is 26.1. The standard InChI is InChI=1S/C30H38N2O4/c1-21(2)20-32(28(34)19-18-27(33)23-12-10-22(3)11-13-23)29(24-14-16-26(36-4)17-15-24)30(35)31-25-8-6-5-7-9-25/h10-19,21,25,29H,5-9,20H2,1-4H3,(H,31,35)/b19-18+. The van der Waals surface area contributed by atoms with E-state index in [1.165, 1.54) is 18.6 Å². The maximum Gasteiger partial charge on any atom is 0.247 e. The Morgan fingerprint density at radius 1 is 0.972 bits per heavy atom. The Kier molecular flexibility index (Phi) is 9.86. The van der Waals surface area contributed by atoms with Gasteiger partial charge >= 0.3 is 0 Å². The van der Waals surface area contributed by atoms with Crippen molar-refractivity contribution in [3.05, 3.63) is 77.4 Å². The molecule has 0 aromatic heterocycles. The van der Waals surface area contributed by atoms with Crippen LogP contribution < -0.4 is 10.1 Å². The highest BCUT2D eigenvalue weighted by molar-refractivity contribution is 6.08. The van der Waals surface area contributed by atoms with Crippen LogP contribution >= 0.6 is 0 Å². The zero-order valence-electron chi connectivity index (χ0n) is 21.8. The molecule has 0 radical (unpaired) electrons. The predicted octanol–water partition coefficient (Wildman–Crippen LogP) is 5.42. The van der Waals surface area contributed by atoms with Crippen LogP contribution in [0.15, 0.2) is 60.7 Å². The van der Waals surface area contributed by atoms with Crippen molar-refractivity contribution in [1.82, 2.24) is 10.2 Å². The number of allylic oxidation sites excluding steroid dienone is 1. The number of ether oxygens (including phenoxy) is 1. The molecule has 0 aliphatic heterocycles. The quantitative estimate of drug-likeness (QED) is 0.357. The minimum atomic E-state index is -0.813. The molecule has 1 saturated carbocycles. The van der Waals surface area contributed by atoms with Crippen LogP contribution in [0, 0.1) is 12.8 Å². The molecule has 1 unspecified atom stereocenters. The number of nitrogens with one attached hydrogen (secondary N) is 1. The fourth-order valence-electron chi connectivity index (χ4n) is 4.56. The van der Waals surface area contributed by atoms with Crippen LogP contribution in [-0.4, -0.2) is 42.2 Å². The molecule has 1 fully saturated rings. The van der Waals surface area contributed by atoms with Crippen molar-refractivity contribution in [3.63, 3.8) is 0 Å². The molecule has 1 aliphatic carbocycles. The van der Waals surface area contributed by atoms with Gasteiger partial charge in [0.05, 0.1) is 7.11 Å². The minimum absolute atomic E-state index is 0.113. The summed E-state index contributed by atoms with van der Waals surface area (Å²) in [5.41, 5.74) is 2.28. The van der Waals surface area contributed by atoms with E-state index in [0.29, 0.717) is 23.4 Å². The molecule has 6 heteroatoms. The number of carbonyl (C=O) groups excluding carboxylic acids is 3. The molecule has 0 saturated heterocycles. The molecule has 2 aromatic carbocycles. The largest absolute Gasteiger partial charge is 0.497 e. The van der Waals surface area contributed by atoms with E-state index in [0.717, 1.165) is 31.2 Å². The van der Waals surface area contributed by atoms with Gasteiger partial charge in [0.25, 0.3) is 0 Å². The van der Waals surface area contributed by atoms with E-state index < -0.39 is 6.04 Å². The molecule has 0 spiro atoms. The maximum absolute atomic E-state index is 13.7. The first-order valence-corrected chi connectivity index (χ1v) is 12.8. The van der Waals surface area contributed by atoms with Gasteiger partial charge in [-0.15, -0.1) is 0 Å². The number of aryl methyl sites for hydroxylation is 1. The van der Waals surface area contributed by atoms with E-state index in [1.807, 2.05) is 45.0 Å². The number of rotatable bonds is 10. The second-order valence-electron chi connectivity index (χ2n) is 9.97. The van der Waals surface area contributed by atoms with Crippen LogP contribution in [0.5, 0.6) is 5.75 Å². The molecule has 2 aromatic rings. The summed E-state index contributed by atoms with van der Waals surface area (Å²) in [4.78, 5) is 41.4. The maximum atomic E-state index is 13.7. The molecular formula is C30H38N2O4. The third-order valence-electron chi connectivity index (χ3n) is 6.50. The van der Waals surface area contributed by atoms with E-state index in [2.05, 4.69) is 5.32 Å². The van der Waals surface area contributed by atoms with Gasteiger partial charge in [-0.25, -0.2) is 0 Å². The lowest BCUT2D eigenvalue weighted by molar-refractivity contribution is -0.138. The first kappa shape index (κ1) is 27.2. The lowest BCUT2D eigenvalue weighted by Gasteiger charge is -2.34. The van der Waals surface area contributed by atoms with Crippen LogP contribution in [-0.2, 0) is 9.59 Å². The summed E-state index contributed by atoms with van der Waals surface area (Å²) in [6, 6.07) is 13.8. The lowest BCUT2D eigenvalue weighted by Crippen LogP contribution is -2.47. The van der Waals surface area contributed by atoms with Crippen LogP contribution in [0.4, 0.5) is 0 Å². The van der Waals surface area contributed by atoms with Gasteiger partial charge < -0.3 is 15.0 Å². The van der Waals surface area contributed by atoms with E-state index in [-0.39, 0.29) is 29.6 Å². The van der Waals surface area contributed by atoms with E-state index in [4.69, 9.17) is 4.74 Å². The summed E-state index contributed by atoms with van der Waals surface area (Å²) < 4.78 is 5.29. The van der Waals surface area contributed by atoms with Crippen LogP contribution in [0.1, 0.15) is 73.5 Å². The zero-order valence-corrected chi connectivity index (χ0v) is 21.8. The molecule has 0 heterocycles. The number of ketones is 1. The smallest absolute Gasteiger partial charge is 0.247 e. The number of methoxy groups -OCH3 is 1. The average molecular weight is 491 g/mol. The van der Waals surface area contributed by atoms with Crippen molar-refractivity contribution >= 4 is 17.6 Å². The Bertz CT molecular complexity index is 1050. The highest BCUT2D eigenvalue weighted by Gasteiger charge is 2.32. The summed E-state index contributed by atoms with van der Waals surface area (Å²) in [6.07, 6.45) is 7.85. The van der Waals surface area contributed by atoms with E-state index in [9.17, 15) is 14.4 Å². The number of nitrogens with zero attached hydrogens (tertiary/aromatic N) is 1. The third-order valence-corrected chi connectivity index (χ3v) is 6.50. The fourth-order valence-corrected chi connectivity index (χ4v) is 4.56. The Morgan fingerprint density at radius 2 is 1.61 bits per heavy atom. The second-order valence-corrected chi connectivity index (χ2v) is 9.97. The molecule has 2 amide bonds. The normalized spacial score (nSPS) is 15.0. The van der Waals surface area contributed by atoms with Gasteiger partial charge in [-0.2, -0.15) is 0 Å². The van der Waals surface area contributed by atoms with E-state index >= 15 is 0 Å². The number of benzene rings is 2. The number of carbonyl (C=O) groups is 3. The summed E-state index contributed by atoms with van der Waals surface area (Å²) >= 11 is 0. The number of hydrogen-bond acceptors (Lipinski definition) is 4. The predicted molar refractivity (Wildman–Crippen MR) is 142 cm³/mol. The third kappa shape index (κ3) is 7.54. The summed E-state index contributed by atoms with van der Waals surface area (Å²) in [7, 11) is 1.59. The van der Waals surface area contributed by atoms with Crippen molar-refractivity contribution in [3.8, 4) is 5.75 Å². The Morgan fingerprint density at radius 3 is 2.19 bits per heavy atom. The van der Waals surface area contributed by atoms with Crippen LogP contribution in [0.25, 0.3) is 0 Å². The van der Waals surface area contributed by atoms with Crippen molar-refractivity contribution in [2.45, 2.75) is 65.0 Å². The number of hydrogen-bond donors (Lipinski definition) is 1. The van der Waals surface area contributed by atoms with Crippen molar-refractivity contribution in [1.29, 1.82) is 0 Å². The fraction of sp³-hybridized carbons (Fsp3) is 0.433. The second kappa shape index (κ2) is 13.1. The van der Waals surface area contributed by atoms with Gasteiger partial charge in [-0.1, -0.05) is 75.1 Å². The highest BCUT2D eigenvalue weighted by atomic mass is 16.5. The first-order valence-electron chi connectivity index (χ1n) is 12.8. The lowest BCUT2D eigenvalue weighted by atomic mass is 9.94. The molecule has 1 atom stereocenters. The molecule has 1 N–H and O–H groups in total. The van der Waals surface area contributed by atoms with Crippen molar-refractivity contribution in [2.24, 2.45) is 5.92 Å². The van der Waals surface area contributed by atoms with Gasteiger partial charge in [0, 0.05) is 24.2 Å². The summed E-state index contributed by atoms with van der Waals surface area (Å²) in [6.45, 7) is 6.34. The van der Waals surface area contributed by atoms with E-state index in [1.54, 1.807) is 36.3 Å². The highest BCUT2D eigenvalue weighted by Crippen LogP contribution is 2.27. The molecular weight excluding hydrogens is 452 g/mol. The topological polar surface area (TPSA) is 75.7 Å². The Hall–Kier alpha value is -3.41. The molecule has 0 bridgehead atoms. The van der Waals surface area contributed by atoms with Gasteiger partial charge in [0.1, 0.15) is 11.8 Å². The summed E-state index contributed by atoms with van der Waals surface area (Å²) in [5.74, 6) is -0.0162. The van der Waals surface area contributed by atoms with Gasteiger partial charge in [0.2, 0.25) is 11.8 Å². The van der Waals surface area contributed by atoms with Crippen LogP contribution in [0.2, 0.25) is 0 Å².